The number of carbonyl (C=O) groups excluding carboxylic acids is 1. The van der Waals surface area contributed by atoms with Gasteiger partial charge in [0, 0.05) is 23.2 Å². The molecule has 0 spiro atoms. The van der Waals surface area contributed by atoms with Crippen LogP contribution < -0.4 is 5.32 Å². The molecule has 0 saturated heterocycles. The molecule has 7 heteroatoms. The number of benzene rings is 1. The fourth-order valence-electron chi connectivity index (χ4n) is 2.10. The van der Waals surface area contributed by atoms with Gasteiger partial charge in [-0.25, -0.2) is 0 Å². The molecule has 1 amide bonds. The summed E-state index contributed by atoms with van der Waals surface area (Å²) in [6.45, 7) is 2.05. The fraction of sp³-hybridized carbons (Fsp3) is 0.267. The van der Waals surface area contributed by atoms with Gasteiger partial charge < -0.3 is 19.3 Å². The average Bonchev–Trinajstić information content (AvgIpc) is 3.11. The van der Waals surface area contributed by atoms with Crippen LogP contribution in [0.1, 0.15) is 17.5 Å². The molecule has 2 heterocycles. The SMILES string of the molecule is C[C@H](CNC(=O)c1cc2ccccc2o1)OC1C=CON1O. The number of rotatable bonds is 5. The lowest BCUT2D eigenvalue weighted by Crippen LogP contribution is -2.37. The number of hydrogen-bond acceptors (Lipinski definition) is 6. The quantitative estimate of drug-likeness (QED) is 0.879. The van der Waals surface area contributed by atoms with Crippen molar-refractivity contribution >= 4 is 16.9 Å². The monoisotopic (exact) mass is 304 g/mol. The van der Waals surface area contributed by atoms with Crippen molar-refractivity contribution in [2.75, 3.05) is 6.54 Å². The summed E-state index contributed by atoms with van der Waals surface area (Å²) in [7, 11) is 0. The van der Waals surface area contributed by atoms with Crippen molar-refractivity contribution in [3.05, 3.63) is 48.4 Å². The second-order valence-corrected chi connectivity index (χ2v) is 4.93. The molecule has 1 aliphatic heterocycles. The zero-order valence-corrected chi connectivity index (χ0v) is 11.9. The molecule has 0 saturated carbocycles. The Morgan fingerprint density at radius 3 is 3.05 bits per heavy atom. The van der Waals surface area contributed by atoms with Gasteiger partial charge in [-0.05, 0) is 19.1 Å². The second kappa shape index (κ2) is 6.18. The standard InChI is InChI=1S/C15H16N2O5/c1-10(21-14-6-7-20-17(14)19)9-16-15(18)13-8-11-4-2-3-5-12(11)22-13/h2-8,10,14,19H,9H2,1H3,(H,16,18)/t10-,14?/m1/s1. The second-order valence-electron chi connectivity index (χ2n) is 4.93. The number of hydrogen-bond donors (Lipinski definition) is 2. The number of para-hydroxylation sites is 1. The van der Waals surface area contributed by atoms with Crippen molar-refractivity contribution in [1.82, 2.24) is 10.5 Å². The highest BCUT2D eigenvalue weighted by atomic mass is 16.9. The first-order chi connectivity index (χ1) is 10.6. The van der Waals surface area contributed by atoms with Crippen LogP contribution in [0.3, 0.4) is 0 Å². The molecule has 1 aliphatic rings. The summed E-state index contributed by atoms with van der Waals surface area (Å²) in [6, 6.07) is 9.11. The number of ether oxygens (including phenoxy) is 1. The topological polar surface area (TPSA) is 84.2 Å². The van der Waals surface area contributed by atoms with Gasteiger partial charge >= 0.3 is 0 Å². The first-order valence-corrected chi connectivity index (χ1v) is 6.87. The highest BCUT2D eigenvalue weighted by molar-refractivity contribution is 5.96. The van der Waals surface area contributed by atoms with Crippen LogP contribution in [0.2, 0.25) is 0 Å². The summed E-state index contributed by atoms with van der Waals surface area (Å²) in [5.41, 5.74) is 0.668. The number of nitrogens with one attached hydrogen (secondary N) is 1. The van der Waals surface area contributed by atoms with E-state index in [1.807, 2.05) is 18.2 Å². The molecule has 0 bridgehead atoms. The first-order valence-electron chi connectivity index (χ1n) is 6.87. The maximum atomic E-state index is 12.1. The van der Waals surface area contributed by atoms with Crippen LogP contribution in [0.25, 0.3) is 11.0 Å². The number of amides is 1. The summed E-state index contributed by atoms with van der Waals surface area (Å²) in [5.74, 6) is -0.0630. The van der Waals surface area contributed by atoms with Crippen LogP contribution in [0.15, 0.2) is 47.1 Å². The van der Waals surface area contributed by atoms with Crippen molar-refractivity contribution < 1.29 is 24.0 Å². The molecule has 1 unspecified atom stereocenters. The summed E-state index contributed by atoms with van der Waals surface area (Å²) in [4.78, 5) is 16.7. The lowest BCUT2D eigenvalue weighted by molar-refractivity contribution is -0.357. The number of nitrogens with zero attached hydrogens (tertiary/aromatic N) is 1. The minimum atomic E-state index is -0.682. The fourth-order valence-corrected chi connectivity index (χ4v) is 2.10. The Morgan fingerprint density at radius 2 is 2.32 bits per heavy atom. The van der Waals surface area contributed by atoms with Gasteiger partial charge in [0.05, 0.1) is 6.10 Å². The van der Waals surface area contributed by atoms with Crippen molar-refractivity contribution in [2.24, 2.45) is 0 Å². The molecule has 0 fully saturated rings. The summed E-state index contributed by atoms with van der Waals surface area (Å²) in [5, 5.41) is 13.5. The summed E-state index contributed by atoms with van der Waals surface area (Å²) < 4.78 is 11.0. The largest absolute Gasteiger partial charge is 0.451 e. The predicted molar refractivity (Wildman–Crippen MR) is 76.7 cm³/mol. The zero-order valence-electron chi connectivity index (χ0n) is 11.9. The highest BCUT2D eigenvalue weighted by Crippen LogP contribution is 2.18. The number of hydroxylamine groups is 2. The minimum Gasteiger partial charge on any atom is -0.451 e. The van der Waals surface area contributed by atoms with E-state index in [1.54, 1.807) is 25.1 Å². The Balaban J connectivity index is 1.54. The highest BCUT2D eigenvalue weighted by Gasteiger charge is 2.23. The van der Waals surface area contributed by atoms with Crippen LogP contribution in [0.4, 0.5) is 0 Å². The molecule has 2 aromatic rings. The van der Waals surface area contributed by atoms with E-state index in [1.165, 1.54) is 6.26 Å². The molecule has 7 nitrogen and oxygen atoms in total. The lowest BCUT2D eigenvalue weighted by atomic mass is 10.2. The van der Waals surface area contributed by atoms with Gasteiger partial charge in [-0.15, -0.1) is 0 Å². The van der Waals surface area contributed by atoms with E-state index in [2.05, 4.69) is 10.2 Å². The Hall–Kier alpha value is -2.35. The van der Waals surface area contributed by atoms with Crippen molar-refractivity contribution in [2.45, 2.75) is 19.3 Å². The number of carbonyl (C=O) groups is 1. The molecule has 1 aromatic heterocycles. The third kappa shape index (κ3) is 3.11. The van der Waals surface area contributed by atoms with E-state index in [0.29, 0.717) is 10.8 Å². The van der Waals surface area contributed by atoms with Crippen LogP contribution >= 0.6 is 0 Å². The third-order valence-corrected chi connectivity index (χ3v) is 3.20. The molecule has 0 aliphatic carbocycles. The minimum absolute atomic E-state index is 0.251. The smallest absolute Gasteiger partial charge is 0.287 e. The molecule has 2 N–H and O–H groups in total. The Morgan fingerprint density at radius 1 is 1.50 bits per heavy atom. The van der Waals surface area contributed by atoms with Gasteiger partial charge in [0.2, 0.25) is 0 Å². The lowest BCUT2D eigenvalue weighted by Gasteiger charge is -2.20. The molecule has 22 heavy (non-hydrogen) atoms. The zero-order chi connectivity index (χ0) is 15.5. The molecule has 0 radical (unpaired) electrons. The van der Waals surface area contributed by atoms with Gasteiger partial charge in [0.25, 0.3) is 5.91 Å². The van der Waals surface area contributed by atoms with Crippen LogP contribution in [0.5, 0.6) is 0 Å². The van der Waals surface area contributed by atoms with Crippen LogP contribution in [0, 0.1) is 0 Å². The molecule has 1 aromatic carbocycles. The van der Waals surface area contributed by atoms with E-state index in [-0.39, 0.29) is 24.3 Å². The van der Waals surface area contributed by atoms with E-state index < -0.39 is 6.23 Å². The van der Waals surface area contributed by atoms with Gasteiger partial charge in [-0.1, -0.05) is 18.2 Å². The van der Waals surface area contributed by atoms with E-state index in [4.69, 9.17) is 9.15 Å². The van der Waals surface area contributed by atoms with Crippen LogP contribution in [-0.4, -0.2) is 35.2 Å². The predicted octanol–water partition coefficient (Wildman–Crippen LogP) is 2.04. The molecule has 3 rings (SSSR count). The molecular weight excluding hydrogens is 288 g/mol. The maximum Gasteiger partial charge on any atom is 0.287 e. The molecule has 2 atom stereocenters. The summed E-state index contributed by atoms with van der Waals surface area (Å²) >= 11 is 0. The Kier molecular flexibility index (Phi) is 4.10. The normalized spacial score (nSPS) is 19.3. The average molecular weight is 304 g/mol. The Bertz CT molecular complexity index is 663. The van der Waals surface area contributed by atoms with E-state index >= 15 is 0 Å². The van der Waals surface area contributed by atoms with Crippen LogP contribution in [-0.2, 0) is 9.57 Å². The van der Waals surface area contributed by atoms with Crippen molar-refractivity contribution in [3.63, 3.8) is 0 Å². The van der Waals surface area contributed by atoms with Gasteiger partial charge in [-0.2, -0.15) is 0 Å². The van der Waals surface area contributed by atoms with Crippen molar-refractivity contribution in [1.29, 1.82) is 0 Å². The van der Waals surface area contributed by atoms with Gasteiger partial charge in [-0.3, -0.25) is 10.0 Å². The van der Waals surface area contributed by atoms with Crippen molar-refractivity contribution in [3.8, 4) is 0 Å². The first kappa shape index (κ1) is 14.6. The maximum absolute atomic E-state index is 12.1. The number of furan rings is 1. The van der Waals surface area contributed by atoms with E-state index in [0.717, 1.165) is 5.39 Å². The number of fused-ring (bicyclic) bond motifs is 1. The van der Waals surface area contributed by atoms with Gasteiger partial charge in [0.15, 0.2) is 12.0 Å². The Labute approximate surface area is 126 Å². The third-order valence-electron chi connectivity index (χ3n) is 3.20. The molecular formula is C15H16N2O5. The summed E-state index contributed by atoms with van der Waals surface area (Å²) in [6.07, 6.45) is 1.87. The van der Waals surface area contributed by atoms with E-state index in [9.17, 15) is 10.0 Å². The molecule has 116 valence electrons. The van der Waals surface area contributed by atoms with Gasteiger partial charge in [0.1, 0.15) is 11.8 Å².